The highest BCUT2D eigenvalue weighted by atomic mass is 32.2. The van der Waals surface area contributed by atoms with Crippen LogP contribution in [0.2, 0.25) is 0 Å². The van der Waals surface area contributed by atoms with E-state index in [9.17, 15) is 9.59 Å². The average Bonchev–Trinajstić information content (AvgIpc) is 3.06. The average molecular weight is 412 g/mol. The number of aliphatic imine (C=N–C) groups is 1. The molecule has 0 atom stereocenters. The molecule has 0 unspecified atom stereocenters. The maximum atomic E-state index is 12.3. The molecule has 3 rings (SSSR count). The molecule has 29 heavy (non-hydrogen) atoms. The molecule has 8 heteroatoms. The number of benzene rings is 2. The highest BCUT2D eigenvalue weighted by Gasteiger charge is 2.24. The number of amidine groups is 1. The number of aryl methyl sites for hydroxylation is 1. The van der Waals surface area contributed by atoms with Gasteiger partial charge >= 0.3 is 5.97 Å². The van der Waals surface area contributed by atoms with Crippen molar-refractivity contribution in [3.8, 4) is 11.5 Å². The molecule has 2 aromatic rings. The summed E-state index contributed by atoms with van der Waals surface area (Å²) in [5.41, 5.74) is 2.67. The molecule has 1 aliphatic heterocycles. The van der Waals surface area contributed by atoms with Crippen LogP contribution in [0.4, 0.5) is 5.69 Å². The van der Waals surface area contributed by atoms with Crippen molar-refractivity contribution < 1.29 is 23.8 Å². The van der Waals surface area contributed by atoms with Crippen LogP contribution in [0.15, 0.2) is 52.4 Å². The van der Waals surface area contributed by atoms with Gasteiger partial charge in [-0.05, 0) is 54.6 Å². The van der Waals surface area contributed by atoms with Crippen molar-refractivity contribution in [2.24, 2.45) is 4.99 Å². The van der Waals surface area contributed by atoms with E-state index in [4.69, 9.17) is 9.47 Å². The van der Waals surface area contributed by atoms with Gasteiger partial charge in [-0.25, -0.2) is 9.79 Å². The molecule has 1 fully saturated rings. The summed E-state index contributed by atoms with van der Waals surface area (Å²) in [5, 5.41) is 3.29. The second kappa shape index (κ2) is 9.29. The van der Waals surface area contributed by atoms with E-state index in [0.717, 1.165) is 16.8 Å². The lowest BCUT2D eigenvalue weighted by atomic mass is 10.2. The summed E-state index contributed by atoms with van der Waals surface area (Å²) in [7, 11) is 2.79. The lowest BCUT2D eigenvalue weighted by Crippen LogP contribution is -2.19. The number of ether oxygens (including phenoxy) is 3. The van der Waals surface area contributed by atoms with E-state index in [1.54, 1.807) is 24.3 Å². The summed E-state index contributed by atoms with van der Waals surface area (Å²) >= 11 is 1.26. The highest BCUT2D eigenvalue weighted by molar-refractivity contribution is 8.18. The number of hydrogen-bond donors (Lipinski definition) is 1. The topological polar surface area (TPSA) is 86.2 Å². The first-order valence-corrected chi connectivity index (χ1v) is 9.54. The van der Waals surface area contributed by atoms with Crippen molar-refractivity contribution in [1.82, 2.24) is 5.32 Å². The molecule has 1 saturated heterocycles. The van der Waals surface area contributed by atoms with Crippen LogP contribution in [-0.2, 0) is 14.3 Å². The molecule has 0 bridgehead atoms. The van der Waals surface area contributed by atoms with E-state index >= 15 is 0 Å². The zero-order chi connectivity index (χ0) is 20.8. The van der Waals surface area contributed by atoms with Gasteiger partial charge in [0, 0.05) is 0 Å². The molecule has 0 aromatic heterocycles. The predicted molar refractivity (Wildman–Crippen MR) is 112 cm³/mol. The van der Waals surface area contributed by atoms with Gasteiger partial charge in [-0.3, -0.25) is 4.79 Å². The largest absolute Gasteiger partial charge is 0.493 e. The van der Waals surface area contributed by atoms with Crippen LogP contribution in [0.3, 0.4) is 0 Å². The normalized spacial score (nSPS) is 16.0. The second-order valence-electron chi connectivity index (χ2n) is 6.09. The minimum Gasteiger partial charge on any atom is -0.493 e. The Kier molecular flexibility index (Phi) is 6.56. The molecule has 0 spiro atoms. The summed E-state index contributed by atoms with van der Waals surface area (Å²) in [6.45, 7) is 1.79. The number of nitrogens with one attached hydrogen (secondary N) is 1. The predicted octanol–water partition coefficient (Wildman–Crippen LogP) is 3.45. The van der Waals surface area contributed by atoms with Gasteiger partial charge in [-0.2, -0.15) is 0 Å². The quantitative estimate of drug-likeness (QED) is 0.578. The highest BCUT2D eigenvalue weighted by Crippen LogP contribution is 2.32. The first-order chi connectivity index (χ1) is 14.0. The van der Waals surface area contributed by atoms with Crippen molar-refractivity contribution in [2.75, 3.05) is 20.8 Å². The molecule has 1 heterocycles. The molecular formula is C21H20N2O5S. The first-order valence-electron chi connectivity index (χ1n) is 8.72. The maximum absolute atomic E-state index is 12.3. The van der Waals surface area contributed by atoms with Gasteiger partial charge in [0.2, 0.25) is 0 Å². The number of methoxy groups -OCH3 is 2. The molecule has 1 N–H and O–H groups in total. The van der Waals surface area contributed by atoms with Crippen molar-refractivity contribution in [2.45, 2.75) is 6.92 Å². The van der Waals surface area contributed by atoms with E-state index in [-0.39, 0.29) is 12.5 Å². The number of thioether (sulfide) groups is 1. The second-order valence-corrected chi connectivity index (χ2v) is 7.12. The van der Waals surface area contributed by atoms with Crippen LogP contribution >= 0.6 is 11.8 Å². The van der Waals surface area contributed by atoms with Gasteiger partial charge in [-0.1, -0.05) is 23.8 Å². The van der Waals surface area contributed by atoms with Crippen LogP contribution in [0.25, 0.3) is 6.08 Å². The number of carbonyl (C=O) groups is 2. The van der Waals surface area contributed by atoms with Crippen molar-refractivity contribution in [3.05, 3.63) is 58.5 Å². The summed E-state index contributed by atoms with van der Waals surface area (Å²) in [6, 6.07) is 12.9. The molecule has 1 amide bonds. The van der Waals surface area contributed by atoms with Crippen LogP contribution in [0.1, 0.15) is 11.1 Å². The fraction of sp³-hybridized carbons (Fsp3) is 0.190. The smallest absolute Gasteiger partial charge is 0.343 e. The minimum absolute atomic E-state index is 0.217. The Morgan fingerprint density at radius 2 is 1.90 bits per heavy atom. The number of esters is 1. The third-order valence-corrected chi connectivity index (χ3v) is 4.88. The van der Waals surface area contributed by atoms with Gasteiger partial charge in [0.1, 0.15) is 0 Å². The first kappa shape index (κ1) is 20.5. The molecular weight excluding hydrogens is 392 g/mol. The Morgan fingerprint density at radius 3 is 2.59 bits per heavy atom. The third-order valence-electron chi connectivity index (χ3n) is 3.97. The summed E-state index contributed by atoms with van der Waals surface area (Å²) in [6.07, 6.45) is 1.74. The van der Waals surface area contributed by atoms with E-state index in [0.29, 0.717) is 21.6 Å². The monoisotopic (exact) mass is 412 g/mol. The van der Waals surface area contributed by atoms with Gasteiger partial charge < -0.3 is 19.5 Å². The zero-order valence-electron chi connectivity index (χ0n) is 16.2. The standard InChI is InChI=1S/C21H20N2O5S/c1-13-4-7-15(8-5-13)22-21-23-20(25)18(29-21)11-14-6-9-16(17(10-14)26-2)28-12-19(24)27-3/h4-11H,12H2,1-3H3,(H,22,23,25)/b18-11+. The molecule has 0 saturated carbocycles. The Morgan fingerprint density at radius 1 is 1.14 bits per heavy atom. The fourth-order valence-electron chi connectivity index (χ4n) is 2.46. The Balaban J connectivity index is 1.76. The zero-order valence-corrected chi connectivity index (χ0v) is 17.0. The van der Waals surface area contributed by atoms with Gasteiger partial charge in [-0.15, -0.1) is 0 Å². The number of nitrogens with zero attached hydrogens (tertiary/aromatic N) is 1. The van der Waals surface area contributed by atoms with Crippen LogP contribution in [0, 0.1) is 6.92 Å². The van der Waals surface area contributed by atoms with Crippen molar-refractivity contribution in [1.29, 1.82) is 0 Å². The van der Waals surface area contributed by atoms with E-state index < -0.39 is 5.97 Å². The van der Waals surface area contributed by atoms with Gasteiger partial charge in [0.15, 0.2) is 23.3 Å². The molecule has 7 nitrogen and oxygen atoms in total. The van der Waals surface area contributed by atoms with Crippen LogP contribution in [0.5, 0.6) is 11.5 Å². The molecule has 0 aliphatic carbocycles. The Labute approximate surface area is 172 Å². The van der Waals surface area contributed by atoms with Crippen molar-refractivity contribution in [3.63, 3.8) is 0 Å². The van der Waals surface area contributed by atoms with E-state index in [2.05, 4.69) is 15.0 Å². The maximum Gasteiger partial charge on any atom is 0.343 e. The van der Waals surface area contributed by atoms with Crippen molar-refractivity contribution >= 4 is 40.6 Å². The number of hydrogen-bond acceptors (Lipinski definition) is 7. The summed E-state index contributed by atoms with van der Waals surface area (Å²) in [4.78, 5) is 28.5. The Hall–Kier alpha value is -3.26. The molecule has 2 aromatic carbocycles. The summed E-state index contributed by atoms with van der Waals surface area (Å²) in [5.74, 6) is 0.147. The van der Waals surface area contributed by atoms with Crippen LogP contribution in [-0.4, -0.2) is 37.9 Å². The fourth-order valence-corrected chi connectivity index (χ4v) is 3.30. The third kappa shape index (κ3) is 5.39. The summed E-state index contributed by atoms with van der Waals surface area (Å²) < 4.78 is 15.3. The SMILES string of the molecule is COC(=O)COc1ccc(/C=C2/SC(=Nc3ccc(C)cc3)NC2=O)cc1OC. The van der Waals surface area contributed by atoms with Gasteiger partial charge in [0.25, 0.3) is 5.91 Å². The minimum atomic E-state index is -0.488. The van der Waals surface area contributed by atoms with Gasteiger partial charge in [0.05, 0.1) is 24.8 Å². The molecule has 1 aliphatic rings. The number of amides is 1. The molecule has 0 radical (unpaired) electrons. The van der Waals surface area contributed by atoms with E-state index in [1.165, 1.54) is 26.0 Å². The Bertz CT molecular complexity index is 983. The number of rotatable bonds is 6. The lowest BCUT2D eigenvalue weighted by Gasteiger charge is -2.10. The number of carbonyl (C=O) groups excluding carboxylic acids is 2. The van der Waals surface area contributed by atoms with Crippen LogP contribution < -0.4 is 14.8 Å². The van der Waals surface area contributed by atoms with E-state index in [1.807, 2.05) is 31.2 Å². The molecule has 150 valence electrons. The lowest BCUT2D eigenvalue weighted by molar-refractivity contribution is -0.142.